The Hall–Kier alpha value is -1.84. The Labute approximate surface area is 146 Å². The fraction of sp³-hybridized carbons (Fsp3) is 0.600. The van der Waals surface area contributed by atoms with Crippen molar-refractivity contribution in [2.24, 2.45) is 11.8 Å². The lowest BCUT2D eigenvalue weighted by Crippen LogP contribution is -2.30. The van der Waals surface area contributed by atoms with Crippen LogP contribution in [0.1, 0.15) is 64.5 Å². The van der Waals surface area contributed by atoms with Gasteiger partial charge in [0, 0.05) is 24.9 Å². The Kier molecular flexibility index (Phi) is 9.13. The van der Waals surface area contributed by atoms with Gasteiger partial charge in [-0.15, -0.1) is 0 Å². The molecule has 0 unspecified atom stereocenters. The average molecular weight is 332 g/mol. The largest absolute Gasteiger partial charge is 0.352 e. The highest BCUT2D eigenvalue weighted by molar-refractivity contribution is 5.79. The molecule has 0 saturated carbocycles. The Morgan fingerprint density at radius 3 is 1.50 bits per heavy atom. The van der Waals surface area contributed by atoms with E-state index < -0.39 is 0 Å². The second kappa shape index (κ2) is 10.8. The monoisotopic (exact) mass is 332 g/mol. The van der Waals surface area contributed by atoms with Crippen LogP contribution < -0.4 is 10.6 Å². The SMILES string of the molecule is CCC(CC)C(=O)NCc1cccc(CNC(=O)C(CC)CC)c1. The molecule has 0 saturated heterocycles. The summed E-state index contributed by atoms with van der Waals surface area (Å²) in [4.78, 5) is 24.1. The highest BCUT2D eigenvalue weighted by Crippen LogP contribution is 2.10. The first kappa shape index (κ1) is 20.2. The molecule has 1 aromatic rings. The molecule has 0 aliphatic heterocycles. The van der Waals surface area contributed by atoms with E-state index in [-0.39, 0.29) is 23.7 Å². The van der Waals surface area contributed by atoms with Crippen molar-refractivity contribution in [3.05, 3.63) is 35.4 Å². The van der Waals surface area contributed by atoms with E-state index in [1.165, 1.54) is 0 Å². The molecule has 0 aromatic heterocycles. The number of carbonyl (C=O) groups excluding carboxylic acids is 2. The summed E-state index contributed by atoms with van der Waals surface area (Å²) in [7, 11) is 0. The van der Waals surface area contributed by atoms with Crippen LogP contribution in [0.2, 0.25) is 0 Å². The Morgan fingerprint density at radius 2 is 1.17 bits per heavy atom. The molecule has 24 heavy (non-hydrogen) atoms. The number of hydrogen-bond donors (Lipinski definition) is 2. The Morgan fingerprint density at radius 1 is 0.792 bits per heavy atom. The van der Waals surface area contributed by atoms with Gasteiger partial charge in [0.05, 0.1) is 0 Å². The molecular weight excluding hydrogens is 300 g/mol. The molecule has 134 valence electrons. The lowest BCUT2D eigenvalue weighted by molar-refractivity contribution is -0.126. The summed E-state index contributed by atoms with van der Waals surface area (Å²) in [5, 5.41) is 6.01. The van der Waals surface area contributed by atoms with Crippen molar-refractivity contribution in [2.45, 2.75) is 66.5 Å². The van der Waals surface area contributed by atoms with Crippen LogP contribution >= 0.6 is 0 Å². The lowest BCUT2D eigenvalue weighted by Gasteiger charge is -2.14. The molecular formula is C20H32N2O2. The van der Waals surface area contributed by atoms with Gasteiger partial charge in [-0.05, 0) is 36.8 Å². The molecule has 0 fully saturated rings. The summed E-state index contributed by atoms with van der Waals surface area (Å²) in [5.74, 6) is 0.417. The van der Waals surface area contributed by atoms with E-state index in [1.54, 1.807) is 0 Å². The number of amides is 2. The third-order valence-corrected chi connectivity index (χ3v) is 4.64. The van der Waals surface area contributed by atoms with Crippen LogP contribution in [0.15, 0.2) is 24.3 Å². The van der Waals surface area contributed by atoms with Gasteiger partial charge in [0.2, 0.25) is 11.8 Å². The molecule has 2 amide bonds. The maximum absolute atomic E-state index is 12.1. The molecule has 0 atom stereocenters. The minimum atomic E-state index is 0.0903. The van der Waals surface area contributed by atoms with E-state index in [1.807, 2.05) is 52.0 Å². The molecule has 1 aromatic carbocycles. The second-order valence-corrected chi connectivity index (χ2v) is 6.28. The van der Waals surface area contributed by atoms with E-state index in [0.717, 1.165) is 36.8 Å². The fourth-order valence-electron chi connectivity index (χ4n) is 2.84. The first-order valence-electron chi connectivity index (χ1n) is 9.18. The van der Waals surface area contributed by atoms with Crippen molar-refractivity contribution < 1.29 is 9.59 Å². The molecule has 0 spiro atoms. The van der Waals surface area contributed by atoms with Crippen molar-refractivity contribution in [3.63, 3.8) is 0 Å². The van der Waals surface area contributed by atoms with Gasteiger partial charge < -0.3 is 10.6 Å². The predicted octanol–water partition coefficient (Wildman–Crippen LogP) is 3.79. The van der Waals surface area contributed by atoms with E-state index in [4.69, 9.17) is 0 Å². The number of benzene rings is 1. The summed E-state index contributed by atoms with van der Waals surface area (Å²) in [6.07, 6.45) is 3.46. The number of rotatable bonds is 10. The summed E-state index contributed by atoms with van der Waals surface area (Å²) in [5.41, 5.74) is 2.12. The zero-order valence-corrected chi connectivity index (χ0v) is 15.5. The average Bonchev–Trinajstić information content (AvgIpc) is 2.60. The molecule has 4 nitrogen and oxygen atoms in total. The van der Waals surface area contributed by atoms with Crippen molar-refractivity contribution in [1.29, 1.82) is 0 Å². The van der Waals surface area contributed by atoms with E-state index >= 15 is 0 Å². The van der Waals surface area contributed by atoms with Gasteiger partial charge in [0.15, 0.2) is 0 Å². The molecule has 0 heterocycles. The topological polar surface area (TPSA) is 58.2 Å². The summed E-state index contributed by atoms with van der Waals surface area (Å²) in [6.45, 7) is 9.22. The third kappa shape index (κ3) is 6.34. The van der Waals surface area contributed by atoms with Gasteiger partial charge >= 0.3 is 0 Å². The van der Waals surface area contributed by atoms with Crippen LogP contribution in [-0.4, -0.2) is 11.8 Å². The van der Waals surface area contributed by atoms with Crippen LogP contribution in [-0.2, 0) is 22.7 Å². The molecule has 1 rings (SSSR count). The minimum Gasteiger partial charge on any atom is -0.352 e. The quantitative estimate of drug-likeness (QED) is 0.685. The van der Waals surface area contributed by atoms with Crippen molar-refractivity contribution >= 4 is 11.8 Å². The normalized spacial score (nSPS) is 10.9. The first-order valence-corrected chi connectivity index (χ1v) is 9.18. The van der Waals surface area contributed by atoms with Gasteiger partial charge in [-0.1, -0.05) is 52.0 Å². The van der Waals surface area contributed by atoms with E-state index in [9.17, 15) is 9.59 Å². The zero-order chi connectivity index (χ0) is 17.9. The number of carbonyl (C=O) groups is 2. The molecule has 0 aliphatic carbocycles. The van der Waals surface area contributed by atoms with Crippen molar-refractivity contribution in [1.82, 2.24) is 10.6 Å². The van der Waals surface area contributed by atoms with E-state index in [2.05, 4.69) is 10.6 Å². The maximum Gasteiger partial charge on any atom is 0.223 e. The first-order chi connectivity index (χ1) is 11.5. The smallest absolute Gasteiger partial charge is 0.223 e. The standard InChI is InChI=1S/C20H32N2O2/c1-5-17(6-2)19(23)21-13-15-10-9-11-16(12-15)14-22-20(24)18(7-3)8-4/h9-12,17-18H,5-8,13-14H2,1-4H3,(H,21,23)(H,22,24). The van der Waals surface area contributed by atoms with E-state index in [0.29, 0.717) is 13.1 Å². The molecule has 0 radical (unpaired) electrons. The van der Waals surface area contributed by atoms with Crippen LogP contribution in [0.25, 0.3) is 0 Å². The molecule has 0 aliphatic rings. The van der Waals surface area contributed by atoms with Gasteiger partial charge in [-0.3, -0.25) is 9.59 Å². The van der Waals surface area contributed by atoms with Crippen molar-refractivity contribution in [2.75, 3.05) is 0 Å². The van der Waals surface area contributed by atoms with Crippen LogP contribution in [0.4, 0.5) is 0 Å². The maximum atomic E-state index is 12.1. The molecule has 2 N–H and O–H groups in total. The van der Waals surface area contributed by atoms with Gasteiger partial charge in [-0.25, -0.2) is 0 Å². The van der Waals surface area contributed by atoms with Gasteiger partial charge in [-0.2, -0.15) is 0 Å². The van der Waals surface area contributed by atoms with Crippen molar-refractivity contribution in [3.8, 4) is 0 Å². The van der Waals surface area contributed by atoms with Gasteiger partial charge in [0.25, 0.3) is 0 Å². The third-order valence-electron chi connectivity index (χ3n) is 4.64. The van der Waals surface area contributed by atoms with Crippen LogP contribution in [0, 0.1) is 11.8 Å². The highest BCUT2D eigenvalue weighted by Gasteiger charge is 2.14. The zero-order valence-electron chi connectivity index (χ0n) is 15.5. The van der Waals surface area contributed by atoms with Gasteiger partial charge in [0.1, 0.15) is 0 Å². The summed E-state index contributed by atoms with van der Waals surface area (Å²) < 4.78 is 0. The van der Waals surface area contributed by atoms with Crippen LogP contribution in [0.5, 0.6) is 0 Å². The highest BCUT2D eigenvalue weighted by atomic mass is 16.2. The predicted molar refractivity (Wildman–Crippen MR) is 98.3 cm³/mol. The Bertz CT molecular complexity index is 477. The lowest BCUT2D eigenvalue weighted by atomic mass is 10.0. The fourth-order valence-corrected chi connectivity index (χ4v) is 2.84. The summed E-state index contributed by atoms with van der Waals surface area (Å²) >= 11 is 0. The number of hydrogen-bond acceptors (Lipinski definition) is 2. The Balaban J connectivity index is 2.55. The minimum absolute atomic E-state index is 0.0903. The molecule has 0 bridgehead atoms. The number of nitrogens with one attached hydrogen (secondary N) is 2. The second-order valence-electron chi connectivity index (χ2n) is 6.28. The molecule has 4 heteroatoms. The van der Waals surface area contributed by atoms with Crippen LogP contribution in [0.3, 0.4) is 0 Å². The summed E-state index contributed by atoms with van der Waals surface area (Å²) in [6, 6.07) is 8.01.